The number of aromatic hydroxyl groups is 1. The first kappa shape index (κ1) is 17.0. The number of anilines is 1. The van der Waals surface area contributed by atoms with Crippen LogP contribution in [-0.2, 0) is 17.8 Å². The number of phenols is 1. The third-order valence-corrected chi connectivity index (χ3v) is 3.88. The number of phenolic OH excluding ortho intramolecular Hbond substituents is 1. The Balaban J connectivity index is 1.84. The largest absolute Gasteiger partial charge is 0.508 e. The van der Waals surface area contributed by atoms with Gasteiger partial charge in [-0.2, -0.15) is 0 Å². The number of ether oxygens (including phenoxy) is 1. The van der Waals surface area contributed by atoms with Gasteiger partial charge in [-0.25, -0.2) is 9.37 Å². The quantitative estimate of drug-likeness (QED) is 0.689. The number of imidazole rings is 1. The van der Waals surface area contributed by atoms with Gasteiger partial charge in [0.1, 0.15) is 11.6 Å². The number of benzene rings is 2. The molecule has 5 nitrogen and oxygen atoms in total. The Hall–Kier alpha value is -2.86. The Bertz CT molecular complexity index is 831. The average Bonchev–Trinajstić information content (AvgIpc) is 3.01. The fourth-order valence-corrected chi connectivity index (χ4v) is 2.62. The predicted octanol–water partition coefficient (Wildman–Crippen LogP) is 3.65. The van der Waals surface area contributed by atoms with Crippen molar-refractivity contribution in [1.29, 1.82) is 0 Å². The van der Waals surface area contributed by atoms with E-state index in [0.717, 1.165) is 16.8 Å². The van der Waals surface area contributed by atoms with Crippen LogP contribution in [0.3, 0.4) is 0 Å². The van der Waals surface area contributed by atoms with Gasteiger partial charge in [0.05, 0.1) is 18.5 Å². The van der Waals surface area contributed by atoms with Gasteiger partial charge < -0.3 is 19.7 Å². The summed E-state index contributed by atoms with van der Waals surface area (Å²) < 4.78 is 20.4. The Labute approximate surface area is 145 Å². The van der Waals surface area contributed by atoms with Crippen LogP contribution in [0.1, 0.15) is 5.56 Å². The van der Waals surface area contributed by atoms with E-state index in [1.807, 2.05) is 10.6 Å². The molecule has 0 fully saturated rings. The molecule has 25 heavy (non-hydrogen) atoms. The maximum atomic E-state index is 13.2. The third kappa shape index (κ3) is 4.16. The number of nitrogens with one attached hydrogen (secondary N) is 1. The van der Waals surface area contributed by atoms with Crippen molar-refractivity contribution in [1.82, 2.24) is 9.55 Å². The van der Waals surface area contributed by atoms with Crippen molar-refractivity contribution in [3.63, 3.8) is 0 Å². The van der Waals surface area contributed by atoms with Crippen LogP contribution in [0.5, 0.6) is 5.75 Å². The highest BCUT2D eigenvalue weighted by Crippen LogP contribution is 2.24. The molecular formula is C19H20FN3O2. The van der Waals surface area contributed by atoms with Crippen LogP contribution in [-0.4, -0.2) is 28.4 Å². The van der Waals surface area contributed by atoms with Gasteiger partial charge in [0.25, 0.3) is 0 Å². The molecule has 0 unspecified atom stereocenters. The molecule has 2 aromatic carbocycles. The molecule has 0 bridgehead atoms. The molecular weight excluding hydrogens is 321 g/mol. The molecule has 0 saturated heterocycles. The first-order valence-electron chi connectivity index (χ1n) is 7.99. The molecule has 0 radical (unpaired) electrons. The van der Waals surface area contributed by atoms with Gasteiger partial charge in [-0.05, 0) is 42.0 Å². The highest BCUT2D eigenvalue weighted by molar-refractivity contribution is 5.61. The minimum atomic E-state index is -0.269. The molecule has 0 amide bonds. The summed E-state index contributed by atoms with van der Waals surface area (Å²) in [7, 11) is 1.65. The van der Waals surface area contributed by atoms with Crippen LogP contribution in [0, 0.1) is 5.82 Å². The molecule has 1 aromatic heterocycles. The number of hydrogen-bond acceptors (Lipinski definition) is 4. The SMILES string of the molecule is COCCn1c(-c2ccc(F)cc2)cnc1NCc1cccc(O)c1. The topological polar surface area (TPSA) is 59.3 Å². The van der Waals surface area contributed by atoms with Crippen LogP contribution in [0.25, 0.3) is 11.3 Å². The first-order valence-corrected chi connectivity index (χ1v) is 7.99. The second-order valence-electron chi connectivity index (χ2n) is 5.64. The van der Waals surface area contributed by atoms with Gasteiger partial charge in [0, 0.05) is 25.8 Å². The Morgan fingerprint density at radius 1 is 1.20 bits per heavy atom. The maximum Gasteiger partial charge on any atom is 0.203 e. The summed E-state index contributed by atoms with van der Waals surface area (Å²) in [5, 5.41) is 12.8. The number of methoxy groups -OCH3 is 1. The molecule has 6 heteroatoms. The summed E-state index contributed by atoms with van der Waals surface area (Å²) in [5.74, 6) is 0.655. The molecule has 3 rings (SSSR count). The molecule has 1 heterocycles. The van der Waals surface area contributed by atoms with E-state index in [4.69, 9.17) is 4.74 Å². The third-order valence-electron chi connectivity index (χ3n) is 3.88. The van der Waals surface area contributed by atoms with Crippen LogP contribution < -0.4 is 5.32 Å². The first-order chi connectivity index (χ1) is 12.2. The zero-order valence-corrected chi connectivity index (χ0v) is 13.9. The summed E-state index contributed by atoms with van der Waals surface area (Å²) in [5.41, 5.74) is 2.72. The molecule has 0 atom stereocenters. The molecule has 0 aliphatic heterocycles. The minimum absolute atomic E-state index is 0.231. The molecule has 2 N–H and O–H groups in total. The van der Waals surface area contributed by atoms with Gasteiger partial charge >= 0.3 is 0 Å². The van der Waals surface area contributed by atoms with E-state index in [1.54, 1.807) is 43.6 Å². The van der Waals surface area contributed by atoms with Gasteiger partial charge in [-0.1, -0.05) is 12.1 Å². The lowest BCUT2D eigenvalue weighted by Gasteiger charge is -2.13. The maximum absolute atomic E-state index is 13.2. The highest BCUT2D eigenvalue weighted by Gasteiger charge is 2.12. The van der Waals surface area contributed by atoms with Gasteiger partial charge in [0.2, 0.25) is 5.95 Å². The number of halogens is 1. The Kier molecular flexibility index (Phi) is 5.30. The van der Waals surface area contributed by atoms with Crippen molar-refractivity contribution in [2.75, 3.05) is 19.0 Å². The van der Waals surface area contributed by atoms with E-state index in [-0.39, 0.29) is 11.6 Å². The number of rotatable bonds is 7. The molecule has 3 aromatic rings. The van der Waals surface area contributed by atoms with Gasteiger partial charge in [-0.3, -0.25) is 0 Å². The van der Waals surface area contributed by atoms with Crippen molar-refractivity contribution < 1.29 is 14.2 Å². The lowest BCUT2D eigenvalue weighted by Crippen LogP contribution is -2.11. The highest BCUT2D eigenvalue weighted by atomic mass is 19.1. The summed E-state index contributed by atoms with van der Waals surface area (Å²) in [6.45, 7) is 1.68. The Morgan fingerprint density at radius 3 is 2.72 bits per heavy atom. The summed E-state index contributed by atoms with van der Waals surface area (Å²) in [4.78, 5) is 4.45. The summed E-state index contributed by atoms with van der Waals surface area (Å²) in [6, 6.07) is 13.4. The van der Waals surface area contributed by atoms with Crippen molar-refractivity contribution >= 4 is 5.95 Å². The van der Waals surface area contributed by atoms with E-state index >= 15 is 0 Å². The van der Waals surface area contributed by atoms with E-state index in [2.05, 4.69) is 10.3 Å². The van der Waals surface area contributed by atoms with Crippen LogP contribution in [0.2, 0.25) is 0 Å². The van der Waals surface area contributed by atoms with E-state index in [1.165, 1.54) is 12.1 Å². The number of hydrogen-bond donors (Lipinski definition) is 2. The smallest absolute Gasteiger partial charge is 0.203 e. The van der Waals surface area contributed by atoms with E-state index in [0.29, 0.717) is 25.6 Å². The monoisotopic (exact) mass is 341 g/mol. The fraction of sp³-hybridized carbons (Fsp3) is 0.211. The molecule has 0 aliphatic carbocycles. The van der Waals surface area contributed by atoms with Gasteiger partial charge in [-0.15, -0.1) is 0 Å². The zero-order valence-electron chi connectivity index (χ0n) is 13.9. The van der Waals surface area contributed by atoms with Crippen LogP contribution in [0.15, 0.2) is 54.7 Å². The lowest BCUT2D eigenvalue weighted by molar-refractivity contribution is 0.188. The predicted molar refractivity (Wildman–Crippen MR) is 94.9 cm³/mol. The summed E-state index contributed by atoms with van der Waals surface area (Å²) in [6.07, 6.45) is 1.76. The van der Waals surface area contributed by atoms with Crippen molar-refractivity contribution in [2.45, 2.75) is 13.1 Å². The zero-order chi connectivity index (χ0) is 17.6. The van der Waals surface area contributed by atoms with E-state index < -0.39 is 0 Å². The molecule has 0 saturated carbocycles. The average molecular weight is 341 g/mol. The lowest BCUT2D eigenvalue weighted by atomic mass is 10.1. The van der Waals surface area contributed by atoms with Gasteiger partial charge in [0.15, 0.2) is 0 Å². The number of nitrogens with zero attached hydrogens (tertiary/aromatic N) is 2. The van der Waals surface area contributed by atoms with Crippen LogP contribution in [0.4, 0.5) is 10.3 Å². The minimum Gasteiger partial charge on any atom is -0.508 e. The molecule has 0 spiro atoms. The van der Waals surface area contributed by atoms with Crippen molar-refractivity contribution in [2.24, 2.45) is 0 Å². The summed E-state index contributed by atoms with van der Waals surface area (Å²) >= 11 is 0. The Morgan fingerprint density at radius 2 is 2.00 bits per heavy atom. The second-order valence-corrected chi connectivity index (χ2v) is 5.64. The number of aromatic nitrogens is 2. The second kappa shape index (κ2) is 7.81. The molecule has 130 valence electrons. The fourth-order valence-electron chi connectivity index (χ4n) is 2.62. The molecule has 0 aliphatic rings. The van der Waals surface area contributed by atoms with Crippen molar-refractivity contribution in [3.05, 3.63) is 66.1 Å². The van der Waals surface area contributed by atoms with Crippen molar-refractivity contribution in [3.8, 4) is 17.0 Å². The standard InChI is InChI=1S/C19H20FN3O2/c1-25-10-9-23-18(15-5-7-16(20)8-6-15)13-22-19(23)21-12-14-3-2-4-17(24)11-14/h2-8,11,13,24H,9-10,12H2,1H3,(H,21,22). The van der Waals surface area contributed by atoms with Crippen LogP contribution >= 0.6 is 0 Å². The van der Waals surface area contributed by atoms with E-state index in [9.17, 15) is 9.50 Å². The normalized spacial score (nSPS) is 10.8.